The molecule has 66 valence electrons. The van der Waals surface area contributed by atoms with Crippen LogP contribution in [-0.2, 0) is 17.7 Å². The molecule has 0 aliphatic carbocycles. The van der Waals surface area contributed by atoms with Crippen LogP contribution in [0.2, 0.25) is 0 Å². The number of nitrogens with one attached hydrogen (secondary N) is 1. The van der Waals surface area contributed by atoms with Gasteiger partial charge in [0.15, 0.2) is 0 Å². The van der Waals surface area contributed by atoms with Gasteiger partial charge in [0.05, 0.1) is 0 Å². The van der Waals surface area contributed by atoms with Crippen LogP contribution >= 0.6 is 0 Å². The molecule has 1 aromatic carbocycles. The third kappa shape index (κ3) is 2.64. The first-order chi connectivity index (χ1) is 5.72. The summed E-state index contributed by atoms with van der Waals surface area (Å²) < 4.78 is 22.7. The minimum atomic E-state index is -2.23. The molecule has 4 heteroatoms. The predicted octanol–water partition coefficient (Wildman–Crippen LogP) is 1.45. The Kier molecular flexibility index (Phi) is 3.25. The van der Waals surface area contributed by atoms with Crippen molar-refractivity contribution in [2.45, 2.75) is 13.3 Å². The van der Waals surface area contributed by atoms with Gasteiger partial charge in [0.1, 0.15) is 0 Å². The molecule has 1 aromatic rings. The molecule has 0 saturated heterocycles. The SMILES string of the molecule is CCc1ccc(NS(=O)[O-])cc1. The van der Waals surface area contributed by atoms with Gasteiger partial charge in [0, 0.05) is 17.0 Å². The molecule has 0 saturated carbocycles. The topological polar surface area (TPSA) is 52.2 Å². The van der Waals surface area contributed by atoms with Gasteiger partial charge >= 0.3 is 0 Å². The van der Waals surface area contributed by atoms with E-state index in [0.29, 0.717) is 5.69 Å². The van der Waals surface area contributed by atoms with Crippen LogP contribution in [0.25, 0.3) is 0 Å². The Morgan fingerprint density at radius 1 is 1.42 bits per heavy atom. The summed E-state index contributed by atoms with van der Waals surface area (Å²) in [5.74, 6) is 0. The first-order valence-electron chi connectivity index (χ1n) is 3.67. The summed E-state index contributed by atoms with van der Waals surface area (Å²) in [6, 6.07) is 7.29. The fourth-order valence-electron chi connectivity index (χ4n) is 0.905. The van der Waals surface area contributed by atoms with E-state index in [1.165, 1.54) is 5.56 Å². The van der Waals surface area contributed by atoms with Crippen molar-refractivity contribution in [2.75, 3.05) is 4.72 Å². The lowest BCUT2D eigenvalue weighted by molar-refractivity contribution is 0.542. The monoisotopic (exact) mass is 184 g/mol. The summed E-state index contributed by atoms with van der Waals surface area (Å²) in [6.07, 6.45) is 0.959. The zero-order valence-electron chi connectivity index (χ0n) is 6.74. The highest BCUT2D eigenvalue weighted by molar-refractivity contribution is 7.80. The van der Waals surface area contributed by atoms with E-state index in [2.05, 4.69) is 4.72 Å². The van der Waals surface area contributed by atoms with Crippen molar-refractivity contribution in [3.05, 3.63) is 29.8 Å². The number of hydrogen-bond donors (Lipinski definition) is 1. The minimum Gasteiger partial charge on any atom is -0.755 e. The number of hydrogen-bond acceptors (Lipinski definition) is 2. The van der Waals surface area contributed by atoms with Crippen LogP contribution in [0.1, 0.15) is 12.5 Å². The Morgan fingerprint density at radius 2 is 2.00 bits per heavy atom. The van der Waals surface area contributed by atoms with Crippen LogP contribution in [0.3, 0.4) is 0 Å². The van der Waals surface area contributed by atoms with Crippen LogP contribution in [0.4, 0.5) is 5.69 Å². The van der Waals surface area contributed by atoms with E-state index in [0.717, 1.165) is 6.42 Å². The van der Waals surface area contributed by atoms with Crippen molar-refractivity contribution in [1.29, 1.82) is 0 Å². The quantitative estimate of drug-likeness (QED) is 0.723. The van der Waals surface area contributed by atoms with Gasteiger partial charge in [-0.2, -0.15) is 0 Å². The Morgan fingerprint density at radius 3 is 2.42 bits per heavy atom. The maximum absolute atomic E-state index is 10.2. The molecule has 12 heavy (non-hydrogen) atoms. The third-order valence-corrected chi connectivity index (χ3v) is 1.97. The Balaban J connectivity index is 2.71. The molecule has 0 radical (unpaired) electrons. The summed E-state index contributed by atoms with van der Waals surface area (Å²) in [6.45, 7) is 2.05. The number of rotatable bonds is 3. The molecule has 1 atom stereocenters. The zero-order valence-corrected chi connectivity index (χ0v) is 7.56. The maximum Gasteiger partial charge on any atom is 0.0452 e. The molecule has 0 amide bonds. The van der Waals surface area contributed by atoms with Crippen LogP contribution in [0.15, 0.2) is 24.3 Å². The predicted molar refractivity (Wildman–Crippen MR) is 48.4 cm³/mol. The molecule has 0 aliphatic heterocycles. The molecule has 1 unspecified atom stereocenters. The average molecular weight is 184 g/mol. The number of benzene rings is 1. The fourth-order valence-corrected chi connectivity index (χ4v) is 1.23. The Labute approximate surface area is 74.2 Å². The summed E-state index contributed by atoms with van der Waals surface area (Å²) in [4.78, 5) is 0. The van der Waals surface area contributed by atoms with Crippen LogP contribution in [0, 0.1) is 0 Å². The van der Waals surface area contributed by atoms with E-state index in [4.69, 9.17) is 0 Å². The van der Waals surface area contributed by atoms with E-state index in [1.807, 2.05) is 19.1 Å². The normalized spacial score (nSPS) is 12.5. The van der Waals surface area contributed by atoms with Gasteiger partial charge in [-0.15, -0.1) is 0 Å². The molecular weight excluding hydrogens is 174 g/mol. The van der Waals surface area contributed by atoms with Crippen LogP contribution < -0.4 is 4.72 Å². The second kappa shape index (κ2) is 4.23. The lowest BCUT2D eigenvalue weighted by Crippen LogP contribution is -2.01. The second-order valence-corrected chi connectivity index (χ2v) is 3.06. The summed E-state index contributed by atoms with van der Waals surface area (Å²) in [5, 5.41) is 0. The van der Waals surface area contributed by atoms with E-state index < -0.39 is 11.3 Å². The summed E-state index contributed by atoms with van der Waals surface area (Å²) >= 11 is -2.23. The number of aryl methyl sites for hydroxylation is 1. The fraction of sp³-hybridized carbons (Fsp3) is 0.250. The molecule has 0 aromatic heterocycles. The van der Waals surface area contributed by atoms with Gasteiger partial charge in [-0.1, -0.05) is 19.1 Å². The van der Waals surface area contributed by atoms with Crippen molar-refractivity contribution >= 4 is 17.0 Å². The molecule has 0 bridgehead atoms. The average Bonchev–Trinajstić information content (AvgIpc) is 2.05. The lowest BCUT2D eigenvalue weighted by atomic mass is 10.2. The molecule has 0 heterocycles. The Bertz CT molecular complexity index is 271. The van der Waals surface area contributed by atoms with E-state index in [1.54, 1.807) is 12.1 Å². The second-order valence-electron chi connectivity index (χ2n) is 2.39. The molecule has 0 aliphatic rings. The first-order valence-corrected chi connectivity index (χ1v) is 4.74. The van der Waals surface area contributed by atoms with Gasteiger partial charge in [-0.25, -0.2) is 0 Å². The molecule has 0 spiro atoms. The molecule has 3 nitrogen and oxygen atoms in total. The maximum atomic E-state index is 10.2. The standard InChI is InChI=1S/C8H11NO2S/c1-2-7-3-5-8(6-4-7)9-12(10)11/h3-6,9H,2H2,1H3,(H,10,11)/p-1. The smallest absolute Gasteiger partial charge is 0.0452 e. The van der Waals surface area contributed by atoms with Crippen molar-refractivity contribution < 1.29 is 8.76 Å². The molecular formula is C8H10NO2S-. The zero-order chi connectivity index (χ0) is 8.97. The van der Waals surface area contributed by atoms with Gasteiger partial charge in [-0.3, -0.25) is 4.21 Å². The summed E-state index contributed by atoms with van der Waals surface area (Å²) in [5.41, 5.74) is 1.79. The first kappa shape index (κ1) is 9.22. The molecule has 1 N–H and O–H groups in total. The van der Waals surface area contributed by atoms with Gasteiger partial charge in [0.2, 0.25) is 0 Å². The van der Waals surface area contributed by atoms with Crippen LogP contribution in [0.5, 0.6) is 0 Å². The highest BCUT2D eigenvalue weighted by Gasteiger charge is 1.90. The van der Waals surface area contributed by atoms with Gasteiger partial charge in [-0.05, 0) is 24.1 Å². The van der Waals surface area contributed by atoms with Crippen molar-refractivity contribution in [2.24, 2.45) is 0 Å². The van der Waals surface area contributed by atoms with Crippen molar-refractivity contribution in [3.8, 4) is 0 Å². The highest BCUT2D eigenvalue weighted by Crippen LogP contribution is 2.09. The van der Waals surface area contributed by atoms with Crippen LogP contribution in [-0.4, -0.2) is 8.76 Å². The van der Waals surface area contributed by atoms with Gasteiger partial charge < -0.3 is 9.27 Å². The highest BCUT2D eigenvalue weighted by atomic mass is 32.2. The van der Waals surface area contributed by atoms with E-state index >= 15 is 0 Å². The summed E-state index contributed by atoms with van der Waals surface area (Å²) in [7, 11) is 0. The van der Waals surface area contributed by atoms with E-state index in [9.17, 15) is 8.76 Å². The van der Waals surface area contributed by atoms with E-state index in [-0.39, 0.29) is 0 Å². The molecule has 1 rings (SSSR count). The lowest BCUT2D eigenvalue weighted by Gasteiger charge is -2.08. The van der Waals surface area contributed by atoms with Gasteiger partial charge in [0.25, 0.3) is 0 Å². The third-order valence-electron chi connectivity index (χ3n) is 1.56. The van der Waals surface area contributed by atoms with Crippen molar-refractivity contribution in [3.63, 3.8) is 0 Å². The molecule has 0 fully saturated rings. The van der Waals surface area contributed by atoms with Crippen molar-refractivity contribution in [1.82, 2.24) is 0 Å². The minimum absolute atomic E-state index is 0.598. The number of anilines is 1. The Hall–Kier alpha value is -0.870. The largest absolute Gasteiger partial charge is 0.755 e.